The van der Waals surface area contributed by atoms with Gasteiger partial charge >= 0.3 is 0 Å². The summed E-state index contributed by atoms with van der Waals surface area (Å²) in [5.74, 6) is 0.796. The number of isocyanates is 1. The summed E-state index contributed by atoms with van der Waals surface area (Å²) < 4.78 is 6.41. The Hall–Kier alpha value is -1.12. The van der Waals surface area contributed by atoms with Gasteiger partial charge in [-0.15, -0.1) is 0 Å². The molecule has 0 N–H and O–H groups in total. The summed E-state index contributed by atoms with van der Waals surface area (Å²) in [4.78, 5) is 14.7. The van der Waals surface area contributed by atoms with Crippen LogP contribution in [-0.4, -0.2) is 13.2 Å². The lowest BCUT2D eigenvalue weighted by Gasteiger charge is -2.39. The van der Waals surface area contributed by atoms with Gasteiger partial charge in [-0.3, -0.25) is 0 Å². The maximum absolute atomic E-state index is 10.6. The van der Waals surface area contributed by atoms with E-state index in [1.54, 1.807) is 13.2 Å². The summed E-state index contributed by atoms with van der Waals surface area (Å²) in [7, 11) is 1.64. The van der Waals surface area contributed by atoms with Crippen molar-refractivity contribution in [1.29, 1.82) is 0 Å². The first kappa shape index (κ1) is 12.3. The van der Waals surface area contributed by atoms with Crippen LogP contribution < -0.4 is 4.74 Å². The van der Waals surface area contributed by atoms with Gasteiger partial charge < -0.3 is 4.74 Å². The maximum atomic E-state index is 10.6. The van der Waals surface area contributed by atoms with Crippen molar-refractivity contribution in [3.05, 3.63) is 27.7 Å². The van der Waals surface area contributed by atoms with E-state index < -0.39 is 5.54 Å². The van der Waals surface area contributed by atoms with E-state index in [9.17, 15) is 4.79 Å². The summed E-state index contributed by atoms with van der Waals surface area (Å²) >= 11 is 3.51. The third kappa shape index (κ3) is 1.92. The Morgan fingerprint density at radius 1 is 1.47 bits per heavy atom. The fourth-order valence-electron chi connectivity index (χ4n) is 2.43. The third-order valence-corrected chi connectivity index (χ3v) is 4.35. The molecule has 17 heavy (non-hydrogen) atoms. The molecule has 1 aliphatic carbocycles. The van der Waals surface area contributed by atoms with Crippen molar-refractivity contribution in [3.8, 4) is 5.75 Å². The second-order valence-corrected chi connectivity index (χ2v) is 5.19. The quantitative estimate of drug-likeness (QED) is 0.632. The Morgan fingerprint density at radius 3 is 2.65 bits per heavy atom. The minimum absolute atomic E-state index is 0.416. The van der Waals surface area contributed by atoms with Gasteiger partial charge in [-0.2, -0.15) is 4.99 Å². The molecule has 1 aromatic carbocycles. The second-order valence-electron chi connectivity index (χ2n) is 4.34. The number of hydrogen-bond acceptors (Lipinski definition) is 3. The number of ether oxygens (including phenoxy) is 1. The van der Waals surface area contributed by atoms with Gasteiger partial charge in [0.05, 0.1) is 7.11 Å². The molecule has 1 aromatic rings. The van der Waals surface area contributed by atoms with E-state index in [1.807, 2.05) is 19.1 Å². The van der Waals surface area contributed by atoms with Gasteiger partial charge in [-0.05, 0) is 43.9 Å². The molecule has 0 aromatic heterocycles. The summed E-state index contributed by atoms with van der Waals surface area (Å²) in [6.45, 7) is 2.02. The van der Waals surface area contributed by atoms with Gasteiger partial charge in [0, 0.05) is 10.0 Å². The number of nitrogens with zero attached hydrogens (tertiary/aromatic N) is 1. The van der Waals surface area contributed by atoms with Gasteiger partial charge in [0.2, 0.25) is 6.08 Å². The number of carbonyl (C=O) groups excluding carboxylic acids is 1. The van der Waals surface area contributed by atoms with Crippen molar-refractivity contribution in [2.24, 2.45) is 4.99 Å². The van der Waals surface area contributed by atoms with Crippen molar-refractivity contribution in [2.75, 3.05) is 7.11 Å². The summed E-state index contributed by atoms with van der Waals surface area (Å²) in [6, 6.07) is 3.86. The zero-order chi connectivity index (χ0) is 12.5. The summed E-state index contributed by atoms with van der Waals surface area (Å²) in [5, 5.41) is 0. The highest BCUT2D eigenvalue weighted by molar-refractivity contribution is 9.10. The van der Waals surface area contributed by atoms with E-state index in [4.69, 9.17) is 4.74 Å². The molecule has 0 unspecified atom stereocenters. The molecular weight excluding hydrogens is 282 g/mol. The van der Waals surface area contributed by atoms with Crippen LogP contribution in [0.4, 0.5) is 0 Å². The van der Waals surface area contributed by atoms with Crippen LogP contribution in [-0.2, 0) is 10.3 Å². The van der Waals surface area contributed by atoms with E-state index in [1.165, 1.54) is 0 Å². The number of benzene rings is 1. The molecule has 0 saturated heterocycles. The number of rotatable bonds is 3. The van der Waals surface area contributed by atoms with Crippen molar-refractivity contribution >= 4 is 22.0 Å². The largest absolute Gasteiger partial charge is 0.496 e. The summed E-state index contributed by atoms with van der Waals surface area (Å²) in [6.07, 6.45) is 4.56. The molecule has 1 saturated carbocycles. The van der Waals surface area contributed by atoms with Crippen molar-refractivity contribution in [2.45, 2.75) is 31.7 Å². The van der Waals surface area contributed by atoms with Crippen molar-refractivity contribution in [1.82, 2.24) is 0 Å². The van der Waals surface area contributed by atoms with Crippen molar-refractivity contribution in [3.63, 3.8) is 0 Å². The van der Waals surface area contributed by atoms with E-state index in [2.05, 4.69) is 20.9 Å². The standard InChI is InChI=1S/C13H14BrNO2/c1-9-10(14)4-5-11(17-2)12(9)13(15-8-16)6-3-7-13/h4-5H,3,6-7H2,1-2H3. The smallest absolute Gasteiger partial charge is 0.235 e. The highest BCUT2D eigenvalue weighted by Crippen LogP contribution is 2.50. The number of halogens is 1. The normalized spacial score (nSPS) is 16.9. The van der Waals surface area contributed by atoms with E-state index >= 15 is 0 Å². The zero-order valence-corrected chi connectivity index (χ0v) is 11.5. The van der Waals surface area contributed by atoms with Crippen LogP contribution in [0.3, 0.4) is 0 Å². The van der Waals surface area contributed by atoms with Crippen LogP contribution in [0, 0.1) is 6.92 Å². The van der Waals surface area contributed by atoms with Crippen LogP contribution in [0.2, 0.25) is 0 Å². The van der Waals surface area contributed by atoms with Crippen LogP contribution >= 0.6 is 15.9 Å². The first-order chi connectivity index (χ1) is 8.14. The predicted octanol–water partition coefficient (Wildman–Crippen LogP) is 3.48. The molecule has 4 heteroatoms. The average Bonchev–Trinajstić information content (AvgIpc) is 2.28. The topological polar surface area (TPSA) is 38.7 Å². The molecule has 3 nitrogen and oxygen atoms in total. The van der Waals surface area contributed by atoms with E-state index in [0.717, 1.165) is 40.6 Å². The van der Waals surface area contributed by atoms with Crippen LogP contribution in [0.25, 0.3) is 0 Å². The number of hydrogen-bond donors (Lipinski definition) is 0. The van der Waals surface area contributed by atoms with Crippen LogP contribution in [0.15, 0.2) is 21.6 Å². The lowest BCUT2D eigenvalue weighted by molar-refractivity contribution is 0.244. The Kier molecular flexibility index (Phi) is 3.36. The fourth-order valence-corrected chi connectivity index (χ4v) is 2.76. The van der Waals surface area contributed by atoms with Crippen LogP contribution in [0.5, 0.6) is 5.75 Å². The molecule has 0 radical (unpaired) electrons. The van der Waals surface area contributed by atoms with Gasteiger partial charge in [0.15, 0.2) is 0 Å². The Balaban J connectivity index is 2.63. The second kappa shape index (κ2) is 4.63. The van der Waals surface area contributed by atoms with Gasteiger partial charge in [0.25, 0.3) is 0 Å². The summed E-state index contributed by atoms with van der Waals surface area (Å²) in [5.41, 5.74) is 1.69. The molecule has 1 fully saturated rings. The van der Waals surface area contributed by atoms with E-state index in [-0.39, 0.29) is 0 Å². The molecule has 0 amide bonds. The van der Waals surface area contributed by atoms with Crippen molar-refractivity contribution < 1.29 is 9.53 Å². The third-order valence-electron chi connectivity index (χ3n) is 3.49. The Labute approximate surface area is 109 Å². The van der Waals surface area contributed by atoms with E-state index in [0.29, 0.717) is 0 Å². The molecule has 90 valence electrons. The first-order valence-electron chi connectivity index (χ1n) is 5.57. The first-order valence-corrected chi connectivity index (χ1v) is 6.36. The Morgan fingerprint density at radius 2 is 2.18 bits per heavy atom. The Bertz CT molecular complexity index is 488. The lowest BCUT2D eigenvalue weighted by Crippen LogP contribution is -2.33. The highest BCUT2D eigenvalue weighted by Gasteiger charge is 2.42. The minimum atomic E-state index is -0.416. The van der Waals surface area contributed by atoms with Gasteiger partial charge in [-0.1, -0.05) is 15.9 Å². The van der Waals surface area contributed by atoms with Crippen LogP contribution in [0.1, 0.15) is 30.4 Å². The average molecular weight is 296 g/mol. The molecule has 0 aliphatic heterocycles. The molecular formula is C13H14BrNO2. The number of methoxy groups -OCH3 is 1. The molecule has 2 rings (SSSR count). The monoisotopic (exact) mass is 295 g/mol. The molecule has 1 aliphatic rings. The molecule has 0 spiro atoms. The highest BCUT2D eigenvalue weighted by atomic mass is 79.9. The molecule has 0 heterocycles. The zero-order valence-electron chi connectivity index (χ0n) is 9.92. The fraction of sp³-hybridized carbons (Fsp3) is 0.462. The lowest BCUT2D eigenvalue weighted by atomic mass is 9.70. The van der Waals surface area contributed by atoms with Gasteiger partial charge in [0.1, 0.15) is 11.3 Å². The minimum Gasteiger partial charge on any atom is -0.496 e. The van der Waals surface area contributed by atoms with Gasteiger partial charge in [-0.25, -0.2) is 4.79 Å². The maximum Gasteiger partial charge on any atom is 0.235 e. The molecule has 0 bridgehead atoms. The number of aliphatic imine (C=N–C) groups is 1. The molecule has 0 atom stereocenters. The predicted molar refractivity (Wildman–Crippen MR) is 69.1 cm³/mol. The SMILES string of the molecule is COc1ccc(Br)c(C)c1C1(N=C=O)CCC1.